The topological polar surface area (TPSA) is 120 Å². The molecule has 0 aliphatic carbocycles. The number of para-hydroxylation sites is 1. The minimum Gasteiger partial charge on any atom is -0.466 e. The molecule has 1 aromatic carbocycles. The first kappa shape index (κ1) is 26.3. The molecule has 10 nitrogen and oxygen atoms in total. The van der Waals surface area contributed by atoms with Crippen LogP contribution in [0.4, 0.5) is 20.6 Å². The predicted molar refractivity (Wildman–Crippen MR) is 127 cm³/mol. The van der Waals surface area contributed by atoms with Crippen LogP contribution in [-0.2, 0) is 19.1 Å². The van der Waals surface area contributed by atoms with Crippen LogP contribution >= 0.6 is 0 Å². The highest BCUT2D eigenvalue weighted by Crippen LogP contribution is 2.31. The number of nitrogens with zero attached hydrogens (tertiary/aromatic N) is 2. The number of ether oxygens (including phenoxy) is 2. The van der Waals surface area contributed by atoms with Crippen molar-refractivity contribution in [3.05, 3.63) is 35.3 Å². The van der Waals surface area contributed by atoms with Gasteiger partial charge in [-0.1, -0.05) is 6.07 Å². The average molecular weight is 493 g/mol. The van der Waals surface area contributed by atoms with Crippen LogP contribution in [0.1, 0.15) is 33.6 Å². The molecule has 0 unspecified atom stereocenters. The van der Waals surface area contributed by atoms with E-state index in [0.717, 1.165) is 0 Å². The molecular weight excluding hydrogens is 459 g/mol. The fourth-order valence-corrected chi connectivity index (χ4v) is 4.00. The zero-order valence-corrected chi connectivity index (χ0v) is 20.5. The number of hydrogen-bond acceptors (Lipinski definition) is 8. The lowest BCUT2D eigenvalue weighted by Gasteiger charge is -2.34. The smallest absolute Gasteiger partial charge is 0.410 e. The summed E-state index contributed by atoms with van der Waals surface area (Å²) in [6, 6.07) is 4.43. The second kappa shape index (κ2) is 10.9. The van der Waals surface area contributed by atoms with Crippen molar-refractivity contribution < 1.29 is 33.4 Å². The van der Waals surface area contributed by atoms with Gasteiger partial charge in [-0.05, 0) is 45.7 Å². The van der Waals surface area contributed by atoms with E-state index < -0.39 is 23.3 Å². The van der Waals surface area contributed by atoms with Crippen LogP contribution in [0.15, 0.2) is 29.5 Å². The quantitative estimate of drug-likeness (QED) is 0.496. The van der Waals surface area contributed by atoms with Crippen LogP contribution in [0, 0.1) is 5.82 Å². The van der Waals surface area contributed by atoms with Crippen molar-refractivity contribution in [2.75, 3.05) is 50.5 Å². The number of nitrogens with one attached hydrogen (secondary N) is 2. The van der Waals surface area contributed by atoms with Crippen LogP contribution in [-0.4, -0.2) is 84.4 Å². The molecule has 2 heterocycles. The second-order valence-corrected chi connectivity index (χ2v) is 9.47. The Morgan fingerprint density at radius 2 is 1.91 bits per heavy atom. The van der Waals surface area contributed by atoms with Crippen molar-refractivity contribution >= 4 is 29.3 Å². The molecule has 35 heavy (non-hydrogen) atoms. The fourth-order valence-electron chi connectivity index (χ4n) is 4.00. The predicted octanol–water partition coefficient (Wildman–Crippen LogP) is 2.31. The summed E-state index contributed by atoms with van der Waals surface area (Å²) in [5.74, 6) is -1.84. The first-order valence-corrected chi connectivity index (χ1v) is 11.6. The highest BCUT2D eigenvalue weighted by molar-refractivity contribution is 6.09. The first-order valence-electron chi connectivity index (χ1n) is 11.6. The number of anilines is 2. The summed E-state index contributed by atoms with van der Waals surface area (Å²) in [7, 11) is 1.20. The molecule has 1 aromatic rings. The largest absolute Gasteiger partial charge is 0.466 e. The van der Waals surface area contributed by atoms with Crippen molar-refractivity contribution in [3.63, 3.8) is 0 Å². The summed E-state index contributed by atoms with van der Waals surface area (Å²) in [6.45, 7) is 6.12. The Morgan fingerprint density at radius 3 is 2.51 bits per heavy atom. The molecule has 0 bridgehead atoms. The number of likely N-dealkylation sites (tertiary alicyclic amines) is 1. The van der Waals surface area contributed by atoms with E-state index in [1.807, 2.05) is 20.8 Å². The van der Waals surface area contributed by atoms with Crippen LogP contribution in [0.25, 0.3) is 0 Å². The maximum absolute atomic E-state index is 14.9. The molecule has 2 aliphatic rings. The summed E-state index contributed by atoms with van der Waals surface area (Å²) >= 11 is 0. The number of piperidine rings is 1. The van der Waals surface area contributed by atoms with Crippen molar-refractivity contribution in [1.82, 2.24) is 9.80 Å². The average Bonchev–Trinajstić information content (AvgIpc) is 3.10. The SMILES string of the molecule is COC(=O)C1=C(Nc2c(F)cccc2NC2CCN(C(=O)OC(C)(C)C)CC2)C(=O)N(CCO)C1. The van der Waals surface area contributed by atoms with E-state index in [1.165, 1.54) is 18.1 Å². The van der Waals surface area contributed by atoms with E-state index in [4.69, 9.17) is 9.47 Å². The van der Waals surface area contributed by atoms with Gasteiger partial charge in [0.15, 0.2) is 0 Å². The Morgan fingerprint density at radius 1 is 1.23 bits per heavy atom. The summed E-state index contributed by atoms with van der Waals surface area (Å²) in [5, 5.41) is 15.3. The number of rotatable bonds is 7. The summed E-state index contributed by atoms with van der Waals surface area (Å²) in [5.41, 5.74) is -0.149. The minimum atomic E-state index is -0.707. The molecule has 0 saturated carbocycles. The third-order valence-electron chi connectivity index (χ3n) is 5.72. The normalized spacial score (nSPS) is 17.0. The molecular formula is C24H33FN4O6. The monoisotopic (exact) mass is 492 g/mol. The van der Waals surface area contributed by atoms with E-state index >= 15 is 0 Å². The zero-order valence-electron chi connectivity index (χ0n) is 20.5. The fraction of sp³-hybridized carbons (Fsp3) is 0.542. The van der Waals surface area contributed by atoms with Gasteiger partial charge in [-0.2, -0.15) is 0 Å². The summed E-state index contributed by atoms with van der Waals surface area (Å²) < 4.78 is 25.1. The molecule has 2 amide bonds. The summed E-state index contributed by atoms with van der Waals surface area (Å²) in [6.07, 6.45) is 0.877. The van der Waals surface area contributed by atoms with E-state index in [9.17, 15) is 23.9 Å². The number of carbonyl (C=O) groups excluding carboxylic acids is 3. The van der Waals surface area contributed by atoms with Gasteiger partial charge in [-0.3, -0.25) is 4.79 Å². The van der Waals surface area contributed by atoms with Gasteiger partial charge in [0.1, 0.15) is 17.1 Å². The molecule has 0 radical (unpaired) electrons. The number of halogens is 1. The van der Waals surface area contributed by atoms with Gasteiger partial charge in [-0.25, -0.2) is 14.0 Å². The van der Waals surface area contributed by atoms with Gasteiger partial charge < -0.3 is 35.0 Å². The molecule has 0 atom stereocenters. The van der Waals surface area contributed by atoms with Crippen LogP contribution in [0.2, 0.25) is 0 Å². The third-order valence-corrected chi connectivity index (χ3v) is 5.72. The maximum Gasteiger partial charge on any atom is 0.410 e. The molecule has 3 rings (SSSR count). The summed E-state index contributed by atoms with van der Waals surface area (Å²) in [4.78, 5) is 40.3. The Balaban J connectivity index is 1.75. The number of carbonyl (C=O) groups is 3. The lowest BCUT2D eigenvalue weighted by molar-refractivity contribution is -0.136. The molecule has 2 aliphatic heterocycles. The molecule has 1 saturated heterocycles. The van der Waals surface area contributed by atoms with Gasteiger partial charge in [-0.15, -0.1) is 0 Å². The van der Waals surface area contributed by atoms with Crippen molar-refractivity contribution in [3.8, 4) is 0 Å². The maximum atomic E-state index is 14.9. The van der Waals surface area contributed by atoms with E-state index in [1.54, 1.807) is 17.0 Å². The number of methoxy groups -OCH3 is 1. The van der Waals surface area contributed by atoms with Gasteiger partial charge in [0.25, 0.3) is 5.91 Å². The van der Waals surface area contributed by atoms with E-state index in [-0.39, 0.29) is 48.8 Å². The number of esters is 1. The number of hydrogen-bond donors (Lipinski definition) is 3. The Bertz CT molecular complexity index is 998. The van der Waals surface area contributed by atoms with Gasteiger partial charge in [0.2, 0.25) is 0 Å². The standard InChI is InChI=1S/C24H33FN4O6/c1-24(2,3)35-23(33)28-10-8-15(9-11-28)26-18-7-5-6-17(25)20(18)27-19-16(22(32)34-4)14-29(12-13-30)21(19)31/h5-7,15,26-27,30H,8-14H2,1-4H3. The van der Waals surface area contributed by atoms with Crippen molar-refractivity contribution in [2.24, 2.45) is 0 Å². The van der Waals surface area contributed by atoms with E-state index in [2.05, 4.69) is 10.6 Å². The molecule has 0 aromatic heterocycles. The van der Waals surface area contributed by atoms with Gasteiger partial charge >= 0.3 is 12.1 Å². The molecule has 192 valence electrons. The highest BCUT2D eigenvalue weighted by atomic mass is 19.1. The van der Waals surface area contributed by atoms with Gasteiger partial charge in [0, 0.05) is 25.7 Å². The Hall–Kier alpha value is -3.34. The lowest BCUT2D eigenvalue weighted by atomic mass is 10.0. The number of β-amino-alcohol motifs (C(OH)–C–C–N with tert-alkyl or cyclic N) is 1. The molecule has 3 N–H and O–H groups in total. The number of benzene rings is 1. The minimum absolute atomic E-state index is 0.0256. The Kier molecular flexibility index (Phi) is 8.21. The van der Waals surface area contributed by atoms with Crippen LogP contribution < -0.4 is 10.6 Å². The molecule has 11 heteroatoms. The second-order valence-electron chi connectivity index (χ2n) is 9.47. The highest BCUT2D eigenvalue weighted by Gasteiger charge is 2.35. The lowest BCUT2D eigenvalue weighted by Crippen LogP contribution is -2.44. The number of aliphatic hydroxyl groups excluding tert-OH is 1. The molecule has 0 spiro atoms. The number of aliphatic hydroxyl groups is 1. The third kappa shape index (κ3) is 6.41. The van der Waals surface area contributed by atoms with Crippen LogP contribution in [0.5, 0.6) is 0 Å². The Labute approximate surface area is 204 Å². The zero-order chi connectivity index (χ0) is 25.8. The first-order chi connectivity index (χ1) is 16.5. The molecule has 1 fully saturated rings. The van der Waals surface area contributed by atoms with Crippen molar-refractivity contribution in [2.45, 2.75) is 45.3 Å². The number of amides is 2. The van der Waals surface area contributed by atoms with Crippen LogP contribution in [0.3, 0.4) is 0 Å². The van der Waals surface area contributed by atoms with Gasteiger partial charge in [0.05, 0.1) is 37.2 Å². The van der Waals surface area contributed by atoms with E-state index in [0.29, 0.717) is 31.6 Å². The van der Waals surface area contributed by atoms with Crippen molar-refractivity contribution in [1.29, 1.82) is 0 Å².